The molecule has 2 heterocycles. The van der Waals surface area contributed by atoms with Crippen molar-refractivity contribution >= 4 is 48.3 Å². The molecule has 0 radical (unpaired) electrons. The van der Waals surface area contributed by atoms with Gasteiger partial charge in [0.1, 0.15) is 0 Å². The van der Waals surface area contributed by atoms with Crippen LogP contribution in [0.4, 0.5) is 0 Å². The molecule has 0 saturated heterocycles. The van der Waals surface area contributed by atoms with Gasteiger partial charge in [-0.25, -0.2) is 0 Å². The van der Waals surface area contributed by atoms with Gasteiger partial charge in [0, 0.05) is 21.4 Å². The molecule has 2 aromatic heterocycles. The Labute approximate surface area is 87.5 Å². The maximum Gasteiger partial charge on any atom is 0.0635 e. The van der Waals surface area contributed by atoms with Gasteiger partial charge >= 0.3 is 0 Å². The standard InChI is InChI=1S/C10H6BrNS/c11-8-5-6-1-3-12-9(6)10-7(8)2-4-13-10/h1-5,12H. The number of thiophene rings is 1. The first kappa shape index (κ1) is 7.59. The van der Waals surface area contributed by atoms with Gasteiger partial charge in [-0.1, -0.05) is 15.9 Å². The molecule has 1 nitrogen and oxygen atoms in total. The number of aromatic amines is 1. The molecule has 0 aliphatic heterocycles. The Bertz CT molecular complexity index is 579. The van der Waals surface area contributed by atoms with Gasteiger partial charge < -0.3 is 4.98 Å². The number of rotatable bonds is 0. The molecule has 3 aromatic rings. The molecule has 0 bridgehead atoms. The number of halogens is 1. The molecule has 64 valence electrons. The summed E-state index contributed by atoms with van der Waals surface area (Å²) in [6, 6.07) is 6.39. The summed E-state index contributed by atoms with van der Waals surface area (Å²) in [4.78, 5) is 3.27. The van der Waals surface area contributed by atoms with Crippen molar-refractivity contribution in [1.82, 2.24) is 4.98 Å². The van der Waals surface area contributed by atoms with Crippen LogP contribution in [0.5, 0.6) is 0 Å². The summed E-state index contributed by atoms with van der Waals surface area (Å²) in [5.41, 5.74) is 1.24. The summed E-state index contributed by atoms with van der Waals surface area (Å²) < 4.78 is 2.50. The van der Waals surface area contributed by atoms with E-state index in [1.807, 2.05) is 6.20 Å². The number of aromatic nitrogens is 1. The van der Waals surface area contributed by atoms with Crippen molar-refractivity contribution < 1.29 is 0 Å². The molecule has 0 aliphatic carbocycles. The number of H-pyrrole nitrogens is 1. The number of fused-ring (bicyclic) bond motifs is 3. The topological polar surface area (TPSA) is 15.8 Å². The van der Waals surface area contributed by atoms with E-state index in [4.69, 9.17) is 0 Å². The van der Waals surface area contributed by atoms with E-state index in [9.17, 15) is 0 Å². The van der Waals surface area contributed by atoms with Crippen LogP contribution in [0.1, 0.15) is 0 Å². The molecule has 0 aliphatic rings. The van der Waals surface area contributed by atoms with Crippen LogP contribution in [0, 0.1) is 0 Å². The molecular formula is C10H6BrNS. The molecule has 1 N–H and O–H groups in total. The summed E-state index contributed by atoms with van der Waals surface area (Å²) >= 11 is 5.35. The Kier molecular flexibility index (Phi) is 1.51. The second-order valence-corrected chi connectivity index (χ2v) is 4.73. The fourth-order valence-electron chi connectivity index (χ4n) is 1.60. The normalized spacial score (nSPS) is 11.5. The highest BCUT2D eigenvalue weighted by Gasteiger charge is 2.05. The summed E-state index contributed by atoms with van der Waals surface area (Å²) in [6.45, 7) is 0. The third kappa shape index (κ3) is 0.974. The second kappa shape index (κ2) is 2.59. The van der Waals surface area contributed by atoms with E-state index >= 15 is 0 Å². The summed E-state index contributed by atoms with van der Waals surface area (Å²) in [5, 5.41) is 4.68. The highest BCUT2D eigenvalue weighted by Crippen LogP contribution is 2.34. The zero-order valence-corrected chi connectivity index (χ0v) is 9.08. The van der Waals surface area contributed by atoms with Gasteiger partial charge in [0.05, 0.1) is 10.2 Å². The third-order valence-corrected chi connectivity index (χ3v) is 3.80. The largest absolute Gasteiger partial charge is 0.360 e. The smallest absolute Gasteiger partial charge is 0.0635 e. The highest BCUT2D eigenvalue weighted by atomic mass is 79.9. The molecular weight excluding hydrogens is 246 g/mol. The molecule has 13 heavy (non-hydrogen) atoms. The first-order valence-corrected chi connectivity index (χ1v) is 5.66. The van der Waals surface area contributed by atoms with Gasteiger partial charge in [-0.2, -0.15) is 0 Å². The van der Waals surface area contributed by atoms with Crippen molar-refractivity contribution in [2.24, 2.45) is 0 Å². The van der Waals surface area contributed by atoms with Gasteiger partial charge in [-0.05, 0) is 23.6 Å². The van der Waals surface area contributed by atoms with Gasteiger partial charge in [-0.3, -0.25) is 0 Å². The minimum Gasteiger partial charge on any atom is -0.360 e. The third-order valence-electron chi connectivity index (χ3n) is 2.21. The van der Waals surface area contributed by atoms with Gasteiger partial charge in [0.15, 0.2) is 0 Å². The number of nitrogens with one attached hydrogen (secondary N) is 1. The zero-order valence-electron chi connectivity index (χ0n) is 6.67. The highest BCUT2D eigenvalue weighted by molar-refractivity contribution is 9.10. The van der Waals surface area contributed by atoms with Gasteiger partial charge in [0.25, 0.3) is 0 Å². The lowest BCUT2D eigenvalue weighted by Crippen LogP contribution is -1.70. The fourth-order valence-corrected chi connectivity index (χ4v) is 3.25. The molecule has 0 atom stereocenters. The Hall–Kier alpha value is -0.800. The van der Waals surface area contributed by atoms with E-state index < -0.39 is 0 Å². The molecule has 3 rings (SSSR count). The molecule has 0 fully saturated rings. The van der Waals surface area contributed by atoms with Crippen LogP contribution in [0.15, 0.2) is 34.2 Å². The lowest BCUT2D eigenvalue weighted by atomic mass is 10.2. The van der Waals surface area contributed by atoms with Crippen LogP contribution in [0.2, 0.25) is 0 Å². The van der Waals surface area contributed by atoms with Crippen LogP contribution >= 0.6 is 27.3 Å². The fraction of sp³-hybridized carbons (Fsp3) is 0. The van der Waals surface area contributed by atoms with Crippen LogP contribution < -0.4 is 0 Å². The summed E-state index contributed by atoms with van der Waals surface area (Å²) in [5.74, 6) is 0. The molecule has 0 amide bonds. The minimum atomic E-state index is 1.18. The minimum absolute atomic E-state index is 1.18. The summed E-state index contributed by atoms with van der Waals surface area (Å²) in [6.07, 6.45) is 1.98. The van der Waals surface area contributed by atoms with E-state index in [-0.39, 0.29) is 0 Å². The van der Waals surface area contributed by atoms with Crippen molar-refractivity contribution in [1.29, 1.82) is 0 Å². The van der Waals surface area contributed by atoms with Gasteiger partial charge in [-0.15, -0.1) is 11.3 Å². The van der Waals surface area contributed by atoms with Crippen LogP contribution in [0.25, 0.3) is 21.0 Å². The van der Waals surface area contributed by atoms with E-state index in [2.05, 4.69) is 44.5 Å². The van der Waals surface area contributed by atoms with Crippen molar-refractivity contribution in [2.45, 2.75) is 0 Å². The lowest BCUT2D eigenvalue weighted by Gasteiger charge is -1.96. The van der Waals surface area contributed by atoms with Crippen LogP contribution in [-0.2, 0) is 0 Å². The first-order valence-electron chi connectivity index (χ1n) is 3.99. The first-order chi connectivity index (χ1) is 6.36. The van der Waals surface area contributed by atoms with Crippen molar-refractivity contribution in [3.63, 3.8) is 0 Å². The van der Waals surface area contributed by atoms with E-state index in [0.29, 0.717) is 0 Å². The van der Waals surface area contributed by atoms with Crippen molar-refractivity contribution in [3.8, 4) is 0 Å². The van der Waals surface area contributed by atoms with Crippen LogP contribution in [0.3, 0.4) is 0 Å². The van der Waals surface area contributed by atoms with Crippen LogP contribution in [-0.4, -0.2) is 4.98 Å². The number of hydrogen-bond acceptors (Lipinski definition) is 1. The predicted molar refractivity (Wildman–Crippen MR) is 61.4 cm³/mol. The van der Waals surface area contributed by atoms with E-state index in [0.717, 1.165) is 0 Å². The molecule has 1 aromatic carbocycles. The molecule has 0 saturated carbocycles. The second-order valence-electron chi connectivity index (χ2n) is 2.96. The van der Waals surface area contributed by atoms with Crippen molar-refractivity contribution in [3.05, 3.63) is 34.2 Å². The summed E-state index contributed by atoms with van der Waals surface area (Å²) in [7, 11) is 0. The average Bonchev–Trinajstić information content (AvgIpc) is 2.66. The Balaban J connectivity index is 2.70. The number of hydrogen-bond donors (Lipinski definition) is 1. The van der Waals surface area contributed by atoms with E-state index in [1.165, 1.54) is 25.5 Å². The average molecular weight is 252 g/mol. The zero-order chi connectivity index (χ0) is 8.84. The molecule has 0 unspecified atom stereocenters. The Morgan fingerprint density at radius 3 is 3.15 bits per heavy atom. The maximum atomic E-state index is 3.57. The maximum absolute atomic E-state index is 3.57. The molecule has 3 heteroatoms. The molecule has 0 spiro atoms. The number of benzene rings is 1. The Morgan fingerprint density at radius 2 is 2.23 bits per heavy atom. The van der Waals surface area contributed by atoms with Crippen molar-refractivity contribution in [2.75, 3.05) is 0 Å². The SMILES string of the molecule is Brc1cc2cc[nH]c2c2sccc12. The lowest BCUT2D eigenvalue weighted by molar-refractivity contribution is 1.49. The monoisotopic (exact) mass is 251 g/mol. The van der Waals surface area contributed by atoms with Gasteiger partial charge in [0.2, 0.25) is 0 Å². The Morgan fingerprint density at radius 1 is 1.31 bits per heavy atom. The van der Waals surface area contributed by atoms with E-state index in [1.54, 1.807) is 11.3 Å². The quantitative estimate of drug-likeness (QED) is 0.618. The predicted octanol–water partition coefficient (Wildman–Crippen LogP) is 4.15.